The van der Waals surface area contributed by atoms with Crippen LogP contribution in [-0.4, -0.2) is 60.4 Å². The number of nitrogens with one attached hydrogen (secondary N) is 2. The van der Waals surface area contributed by atoms with Gasteiger partial charge < -0.3 is 20.4 Å². The smallest absolute Gasteiger partial charge is 0.191 e. The largest absolute Gasteiger partial charge is 0.367 e. The summed E-state index contributed by atoms with van der Waals surface area (Å²) in [6, 6.07) is 5.57. The highest BCUT2D eigenvalue weighted by molar-refractivity contribution is 5.80. The summed E-state index contributed by atoms with van der Waals surface area (Å²) in [5.74, 6) is 0.633. The van der Waals surface area contributed by atoms with Crippen LogP contribution in [0.25, 0.3) is 0 Å². The monoisotopic (exact) mass is 415 g/mol. The standard InChI is InChI=1S/C22H34FN7/c1-5-24-22(25-12-17-8-9-21(23)18(11-17)14-28(2)3)27-19-7-6-10-30(15-19)20-13-26-29(4)16-20/h8-9,11,13,16,19H,5-7,10,12,14-15H2,1-4H3,(H2,24,25,27). The molecule has 1 aliphatic heterocycles. The van der Waals surface area contributed by atoms with Crippen LogP contribution < -0.4 is 15.5 Å². The predicted octanol–water partition coefficient (Wildman–Crippen LogP) is 2.34. The SMILES string of the molecule is CCNC(=NCc1ccc(F)c(CN(C)C)c1)NC1CCCN(c2cnn(C)c2)C1. The number of hydrogen-bond acceptors (Lipinski definition) is 4. The zero-order chi connectivity index (χ0) is 21.5. The van der Waals surface area contributed by atoms with Crippen LogP contribution in [-0.2, 0) is 20.1 Å². The second-order valence-corrected chi connectivity index (χ2v) is 8.16. The molecule has 1 atom stereocenters. The molecule has 0 radical (unpaired) electrons. The Kier molecular flexibility index (Phi) is 7.68. The molecule has 30 heavy (non-hydrogen) atoms. The van der Waals surface area contributed by atoms with E-state index in [2.05, 4.69) is 33.8 Å². The van der Waals surface area contributed by atoms with Crippen LogP contribution in [0.4, 0.5) is 10.1 Å². The van der Waals surface area contributed by atoms with Crippen molar-refractivity contribution in [2.45, 2.75) is 38.9 Å². The lowest BCUT2D eigenvalue weighted by Gasteiger charge is -2.34. The third kappa shape index (κ3) is 6.19. The maximum absolute atomic E-state index is 14.0. The number of aromatic nitrogens is 2. The first-order valence-electron chi connectivity index (χ1n) is 10.6. The van der Waals surface area contributed by atoms with E-state index >= 15 is 0 Å². The second kappa shape index (κ2) is 10.4. The first-order chi connectivity index (χ1) is 14.4. The topological polar surface area (TPSA) is 60.7 Å². The van der Waals surface area contributed by atoms with Gasteiger partial charge in [0.2, 0.25) is 0 Å². The minimum atomic E-state index is -0.167. The highest BCUT2D eigenvalue weighted by Gasteiger charge is 2.21. The third-order valence-corrected chi connectivity index (χ3v) is 5.18. The summed E-state index contributed by atoms with van der Waals surface area (Å²) < 4.78 is 15.9. The van der Waals surface area contributed by atoms with E-state index in [-0.39, 0.29) is 5.82 Å². The van der Waals surface area contributed by atoms with Gasteiger partial charge in [-0.05, 0) is 51.6 Å². The number of nitrogens with zero attached hydrogens (tertiary/aromatic N) is 5. The lowest BCUT2D eigenvalue weighted by atomic mass is 10.1. The summed E-state index contributed by atoms with van der Waals surface area (Å²) in [5.41, 5.74) is 2.86. The maximum atomic E-state index is 14.0. The summed E-state index contributed by atoms with van der Waals surface area (Å²) in [7, 11) is 5.82. The molecule has 1 aromatic heterocycles. The molecule has 1 aliphatic rings. The van der Waals surface area contributed by atoms with Crippen LogP contribution in [0.1, 0.15) is 30.9 Å². The van der Waals surface area contributed by atoms with Crippen molar-refractivity contribution in [1.82, 2.24) is 25.3 Å². The van der Waals surface area contributed by atoms with Crippen LogP contribution >= 0.6 is 0 Å². The van der Waals surface area contributed by atoms with Gasteiger partial charge in [-0.15, -0.1) is 0 Å². The molecule has 164 valence electrons. The van der Waals surface area contributed by atoms with Gasteiger partial charge in [0, 0.05) is 51.0 Å². The molecule has 2 heterocycles. The van der Waals surface area contributed by atoms with Crippen LogP contribution in [0.2, 0.25) is 0 Å². The summed E-state index contributed by atoms with van der Waals surface area (Å²) in [4.78, 5) is 9.09. The molecule has 8 heteroatoms. The van der Waals surface area contributed by atoms with Crippen LogP contribution in [0.3, 0.4) is 0 Å². The fourth-order valence-corrected chi connectivity index (χ4v) is 3.77. The second-order valence-electron chi connectivity index (χ2n) is 8.16. The van der Waals surface area contributed by atoms with Gasteiger partial charge in [0.1, 0.15) is 5.82 Å². The molecule has 0 bridgehead atoms. The van der Waals surface area contributed by atoms with Crippen molar-refractivity contribution in [3.63, 3.8) is 0 Å². The number of anilines is 1. The van der Waals surface area contributed by atoms with E-state index in [1.165, 1.54) is 6.07 Å². The van der Waals surface area contributed by atoms with Gasteiger partial charge in [-0.1, -0.05) is 6.07 Å². The third-order valence-electron chi connectivity index (χ3n) is 5.18. The van der Waals surface area contributed by atoms with Crippen LogP contribution in [0, 0.1) is 5.82 Å². The van der Waals surface area contributed by atoms with Gasteiger partial charge in [0.15, 0.2) is 5.96 Å². The summed E-state index contributed by atoms with van der Waals surface area (Å²) in [5, 5.41) is 11.2. The van der Waals surface area contributed by atoms with Gasteiger partial charge >= 0.3 is 0 Å². The highest BCUT2D eigenvalue weighted by Crippen LogP contribution is 2.19. The van der Waals surface area contributed by atoms with Crippen molar-refractivity contribution >= 4 is 11.6 Å². The maximum Gasteiger partial charge on any atom is 0.191 e. The van der Waals surface area contributed by atoms with Crippen molar-refractivity contribution in [2.75, 3.05) is 38.6 Å². The van der Waals surface area contributed by atoms with Crippen molar-refractivity contribution in [2.24, 2.45) is 12.0 Å². The zero-order valence-corrected chi connectivity index (χ0v) is 18.5. The van der Waals surface area contributed by atoms with Gasteiger partial charge in [-0.3, -0.25) is 4.68 Å². The van der Waals surface area contributed by atoms with Crippen LogP contribution in [0.5, 0.6) is 0 Å². The van der Waals surface area contributed by atoms with Crippen molar-refractivity contribution in [3.05, 3.63) is 47.5 Å². The molecule has 3 rings (SSSR count). The predicted molar refractivity (Wildman–Crippen MR) is 120 cm³/mol. The minimum absolute atomic E-state index is 0.167. The Morgan fingerprint density at radius 2 is 2.20 bits per heavy atom. The highest BCUT2D eigenvalue weighted by atomic mass is 19.1. The minimum Gasteiger partial charge on any atom is -0.367 e. The Hall–Kier alpha value is -2.61. The number of hydrogen-bond donors (Lipinski definition) is 2. The Balaban J connectivity index is 1.64. The fraction of sp³-hybridized carbons (Fsp3) is 0.545. The van der Waals surface area contributed by atoms with Gasteiger partial charge in [0.25, 0.3) is 0 Å². The van der Waals surface area contributed by atoms with E-state index in [0.717, 1.165) is 49.7 Å². The first-order valence-corrected chi connectivity index (χ1v) is 10.6. The number of rotatable bonds is 7. The molecule has 1 aromatic carbocycles. The zero-order valence-electron chi connectivity index (χ0n) is 18.5. The van der Waals surface area contributed by atoms with E-state index in [0.29, 0.717) is 24.7 Å². The quantitative estimate of drug-likeness (QED) is 0.537. The summed E-state index contributed by atoms with van der Waals surface area (Å²) in [6.07, 6.45) is 6.20. The molecule has 2 aromatic rings. The normalized spacial score (nSPS) is 17.5. The number of guanidine groups is 1. The molecule has 0 spiro atoms. The van der Waals surface area contributed by atoms with Crippen molar-refractivity contribution < 1.29 is 4.39 Å². The van der Waals surface area contributed by atoms with Crippen molar-refractivity contribution in [3.8, 4) is 0 Å². The molecule has 1 unspecified atom stereocenters. The van der Waals surface area contributed by atoms with E-state index in [1.54, 1.807) is 0 Å². The van der Waals surface area contributed by atoms with E-state index in [4.69, 9.17) is 4.99 Å². The van der Waals surface area contributed by atoms with Crippen molar-refractivity contribution in [1.29, 1.82) is 0 Å². The average molecular weight is 416 g/mol. The van der Waals surface area contributed by atoms with Gasteiger partial charge in [-0.2, -0.15) is 5.10 Å². The van der Waals surface area contributed by atoms with Gasteiger partial charge in [-0.25, -0.2) is 9.38 Å². The fourth-order valence-electron chi connectivity index (χ4n) is 3.77. The Morgan fingerprint density at radius 1 is 1.37 bits per heavy atom. The molecule has 1 saturated heterocycles. The lowest BCUT2D eigenvalue weighted by Crippen LogP contribution is -2.51. The molecule has 0 amide bonds. The van der Waals surface area contributed by atoms with Gasteiger partial charge in [0.05, 0.1) is 18.4 Å². The van der Waals surface area contributed by atoms with E-state index in [9.17, 15) is 4.39 Å². The van der Waals surface area contributed by atoms with E-state index < -0.39 is 0 Å². The molecule has 1 fully saturated rings. The lowest BCUT2D eigenvalue weighted by molar-refractivity contribution is 0.392. The Morgan fingerprint density at radius 3 is 2.90 bits per heavy atom. The van der Waals surface area contributed by atoms with E-state index in [1.807, 2.05) is 49.1 Å². The van der Waals surface area contributed by atoms with Crippen LogP contribution in [0.15, 0.2) is 35.6 Å². The number of aryl methyl sites for hydroxylation is 1. The number of piperidine rings is 1. The molecular formula is C22H34FN7. The average Bonchev–Trinajstić information content (AvgIpc) is 3.15. The first kappa shape index (κ1) is 22.1. The molecule has 0 saturated carbocycles. The number of halogens is 1. The molecule has 2 N–H and O–H groups in total. The number of benzene rings is 1. The number of aliphatic imine (C=N–C) groups is 1. The summed E-state index contributed by atoms with van der Waals surface area (Å²) in [6.45, 7) is 5.90. The Labute approximate surface area is 179 Å². The summed E-state index contributed by atoms with van der Waals surface area (Å²) >= 11 is 0. The molecule has 7 nitrogen and oxygen atoms in total. The molecule has 0 aliphatic carbocycles. The molecular weight excluding hydrogens is 381 g/mol. The Bertz CT molecular complexity index is 846.